The fourth-order valence-corrected chi connectivity index (χ4v) is 3.60. The third kappa shape index (κ3) is 2.88. The highest BCUT2D eigenvalue weighted by molar-refractivity contribution is 5.80. The van der Waals surface area contributed by atoms with E-state index in [-0.39, 0.29) is 0 Å². The van der Waals surface area contributed by atoms with Crippen molar-refractivity contribution < 1.29 is 4.74 Å². The van der Waals surface area contributed by atoms with Gasteiger partial charge < -0.3 is 15.0 Å². The number of likely N-dealkylation sites (tertiary alicyclic amines) is 1. The SMILES string of the molecule is CCNC(=NCC1CCCO1)N1CCC2(CCC2)C1. The number of guanidine groups is 1. The molecule has 0 aromatic carbocycles. The molecule has 4 nitrogen and oxygen atoms in total. The van der Waals surface area contributed by atoms with Gasteiger partial charge in [0.1, 0.15) is 0 Å². The maximum absolute atomic E-state index is 5.66. The Hall–Kier alpha value is -0.770. The number of rotatable bonds is 3. The highest BCUT2D eigenvalue weighted by Crippen LogP contribution is 2.47. The lowest BCUT2D eigenvalue weighted by Crippen LogP contribution is -2.43. The summed E-state index contributed by atoms with van der Waals surface area (Å²) in [6, 6.07) is 0. The molecule has 1 atom stereocenters. The highest BCUT2D eigenvalue weighted by atomic mass is 16.5. The molecule has 1 spiro atoms. The molecule has 0 radical (unpaired) electrons. The maximum atomic E-state index is 5.66. The van der Waals surface area contributed by atoms with E-state index in [1.54, 1.807) is 0 Å². The normalized spacial score (nSPS) is 29.8. The first-order chi connectivity index (χ1) is 9.31. The zero-order chi connectivity index (χ0) is 13.1. The molecule has 1 N–H and O–H groups in total. The lowest BCUT2D eigenvalue weighted by molar-refractivity contribution is 0.117. The second-order valence-corrected chi connectivity index (χ2v) is 6.35. The Morgan fingerprint density at radius 1 is 1.37 bits per heavy atom. The highest BCUT2D eigenvalue weighted by Gasteiger charge is 2.43. The fraction of sp³-hybridized carbons (Fsp3) is 0.933. The number of hydrogen-bond acceptors (Lipinski definition) is 2. The predicted octanol–water partition coefficient (Wildman–Crippen LogP) is 2.01. The monoisotopic (exact) mass is 265 g/mol. The average Bonchev–Trinajstić information content (AvgIpc) is 3.02. The summed E-state index contributed by atoms with van der Waals surface area (Å²) in [6.07, 6.45) is 8.36. The molecule has 108 valence electrons. The van der Waals surface area contributed by atoms with E-state index >= 15 is 0 Å². The van der Waals surface area contributed by atoms with Gasteiger partial charge in [-0.2, -0.15) is 0 Å². The third-order valence-electron chi connectivity index (χ3n) is 4.96. The van der Waals surface area contributed by atoms with Gasteiger partial charge >= 0.3 is 0 Å². The third-order valence-corrected chi connectivity index (χ3v) is 4.96. The predicted molar refractivity (Wildman–Crippen MR) is 77.4 cm³/mol. The van der Waals surface area contributed by atoms with Crippen molar-refractivity contribution >= 4 is 5.96 Å². The first kappa shape index (κ1) is 13.2. The van der Waals surface area contributed by atoms with Crippen LogP contribution < -0.4 is 5.32 Å². The number of hydrogen-bond donors (Lipinski definition) is 1. The van der Waals surface area contributed by atoms with Crippen LogP contribution in [0.3, 0.4) is 0 Å². The van der Waals surface area contributed by atoms with Crippen LogP contribution in [0.25, 0.3) is 0 Å². The molecule has 3 aliphatic rings. The number of aliphatic imine (C=N–C) groups is 1. The van der Waals surface area contributed by atoms with Gasteiger partial charge in [0.05, 0.1) is 12.6 Å². The van der Waals surface area contributed by atoms with Crippen LogP contribution in [0.2, 0.25) is 0 Å². The lowest BCUT2D eigenvalue weighted by atomic mass is 9.68. The molecule has 0 aromatic heterocycles. The summed E-state index contributed by atoms with van der Waals surface area (Å²) in [5.74, 6) is 1.11. The topological polar surface area (TPSA) is 36.9 Å². The maximum Gasteiger partial charge on any atom is 0.194 e. The van der Waals surface area contributed by atoms with Crippen LogP contribution in [0.5, 0.6) is 0 Å². The van der Waals surface area contributed by atoms with E-state index in [0.717, 1.165) is 25.7 Å². The Kier molecular flexibility index (Phi) is 3.96. The van der Waals surface area contributed by atoms with Crippen LogP contribution in [0.15, 0.2) is 4.99 Å². The van der Waals surface area contributed by atoms with Crippen LogP contribution in [0, 0.1) is 5.41 Å². The quantitative estimate of drug-likeness (QED) is 0.626. The minimum absolute atomic E-state index is 0.355. The summed E-state index contributed by atoms with van der Waals surface area (Å²) in [5, 5.41) is 3.45. The summed E-state index contributed by atoms with van der Waals surface area (Å²) < 4.78 is 5.66. The van der Waals surface area contributed by atoms with Crippen molar-refractivity contribution in [2.24, 2.45) is 10.4 Å². The number of nitrogens with zero attached hydrogens (tertiary/aromatic N) is 2. The van der Waals surface area contributed by atoms with E-state index < -0.39 is 0 Å². The van der Waals surface area contributed by atoms with Gasteiger partial charge in [-0.3, -0.25) is 4.99 Å². The van der Waals surface area contributed by atoms with Gasteiger partial charge in [0, 0.05) is 26.2 Å². The standard InChI is InChI=1S/C15H27N3O/c1-2-16-14(17-11-13-5-3-10-19-13)18-9-8-15(12-18)6-4-7-15/h13H,2-12H2,1H3,(H,16,17). The molecule has 0 aromatic rings. The molecular formula is C15H27N3O. The minimum atomic E-state index is 0.355. The largest absolute Gasteiger partial charge is 0.376 e. The van der Waals surface area contributed by atoms with Gasteiger partial charge in [-0.15, -0.1) is 0 Å². The Morgan fingerprint density at radius 2 is 2.26 bits per heavy atom. The van der Waals surface area contributed by atoms with E-state index in [1.165, 1.54) is 51.6 Å². The molecule has 3 fully saturated rings. The van der Waals surface area contributed by atoms with E-state index in [0.29, 0.717) is 11.5 Å². The van der Waals surface area contributed by atoms with Crippen LogP contribution in [-0.4, -0.2) is 49.7 Å². The van der Waals surface area contributed by atoms with Crippen molar-refractivity contribution in [1.82, 2.24) is 10.2 Å². The molecular weight excluding hydrogens is 238 g/mol. The van der Waals surface area contributed by atoms with Gasteiger partial charge in [0.15, 0.2) is 5.96 Å². The fourth-order valence-electron chi connectivity index (χ4n) is 3.60. The van der Waals surface area contributed by atoms with Crippen molar-refractivity contribution in [3.63, 3.8) is 0 Å². The summed E-state index contributed by atoms with van der Waals surface area (Å²) >= 11 is 0. The van der Waals surface area contributed by atoms with Gasteiger partial charge in [0.25, 0.3) is 0 Å². The Morgan fingerprint density at radius 3 is 2.84 bits per heavy atom. The zero-order valence-electron chi connectivity index (χ0n) is 12.2. The summed E-state index contributed by atoms with van der Waals surface area (Å²) in [4.78, 5) is 7.28. The van der Waals surface area contributed by atoms with Crippen LogP contribution in [0.4, 0.5) is 0 Å². The molecule has 1 aliphatic carbocycles. The van der Waals surface area contributed by atoms with Crippen molar-refractivity contribution in [3.05, 3.63) is 0 Å². The minimum Gasteiger partial charge on any atom is -0.376 e. The van der Waals surface area contributed by atoms with Crippen LogP contribution in [-0.2, 0) is 4.74 Å². The van der Waals surface area contributed by atoms with E-state index in [4.69, 9.17) is 9.73 Å². The average molecular weight is 265 g/mol. The molecule has 4 heteroatoms. The van der Waals surface area contributed by atoms with Gasteiger partial charge in [0.2, 0.25) is 0 Å². The van der Waals surface area contributed by atoms with Gasteiger partial charge in [-0.1, -0.05) is 6.42 Å². The number of nitrogens with one attached hydrogen (secondary N) is 1. The summed E-state index contributed by atoms with van der Waals surface area (Å²) in [7, 11) is 0. The van der Waals surface area contributed by atoms with E-state index in [2.05, 4.69) is 17.1 Å². The molecule has 0 amide bonds. The Balaban J connectivity index is 1.58. The molecule has 1 unspecified atom stereocenters. The second-order valence-electron chi connectivity index (χ2n) is 6.35. The molecule has 2 aliphatic heterocycles. The van der Waals surface area contributed by atoms with Crippen LogP contribution >= 0.6 is 0 Å². The number of ether oxygens (including phenoxy) is 1. The molecule has 3 rings (SSSR count). The van der Waals surface area contributed by atoms with Crippen molar-refractivity contribution in [3.8, 4) is 0 Å². The molecule has 2 heterocycles. The van der Waals surface area contributed by atoms with E-state index in [9.17, 15) is 0 Å². The zero-order valence-corrected chi connectivity index (χ0v) is 12.2. The van der Waals surface area contributed by atoms with Gasteiger partial charge in [-0.05, 0) is 44.4 Å². The van der Waals surface area contributed by atoms with Crippen molar-refractivity contribution in [1.29, 1.82) is 0 Å². The van der Waals surface area contributed by atoms with Crippen molar-refractivity contribution in [2.75, 3.05) is 32.8 Å². The molecule has 2 saturated heterocycles. The van der Waals surface area contributed by atoms with Gasteiger partial charge in [-0.25, -0.2) is 0 Å². The first-order valence-corrected chi connectivity index (χ1v) is 7.96. The van der Waals surface area contributed by atoms with Crippen molar-refractivity contribution in [2.45, 2.75) is 51.6 Å². The Labute approximate surface area is 116 Å². The summed E-state index contributed by atoms with van der Waals surface area (Å²) in [5.41, 5.74) is 0.639. The van der Waals surface area contributed by atoms with Crippen LogP contribution in [0.1, 0.15) is 45.4 Å². The summed E-state index contributed by atoms with van der Waals surface area (Å²) in [6.45, 7) is 7.24. The second kappa shape index (κ2) is 5.70. The first-order valence-electron chi connectivity index (χ1n) is 7.96. The lowest BCUT2D eigenvalue weighted by Gasteiger charge is -2.38. The smallest absolute Gasteiger partial charge is 0.194 e. The Bertz CT molecular complexity index is 332. The molecule has 0 bridgehead atoms. The molecule has 19 heavy (non-hydrogen) atoms. The molecule has 1 saturated carbocycles. The van der Waals surface area contributed by atoms with E-state index in [1.807, 2.05) is 0 Å².